The molecule has 1 unspecified atom stereocenters. The van der Waals surface area contributed by atoms with Gasteiger partial charge in [0.05, 0.1) is 0 Å². The molecule has 0 bridgehead atoms. The van der Waals surface area contributed by atoms with Crippen molar-refractivity contribution in [3.63, 3.8) is 0 Å². The van der Waals surface area contributed by atoms with Crippen LogP contribution in [0.4, 0.5) is 0 Å². The number of benzene rings is 1. The smallest absolute Gasteiger partial charge is 0.254 e. The lowest BCUT2D eigenvalue weighted by Gasteiger charge is -2.33. The Morgan fingerprint density at radius 2 is 2.19 bits per heavy atom. The van der Waals surface area contributed by atoms with Crippen LogP contribution in [0.25, 0.3) is 0 Å². The summed E-state index contributed by atoms with van der Waals surface area (Å²) in [4.78, 5) is 14.8. The van der Waals surface area contributed by atoms with Crippen molar-refractivity contribution >= 4 is 21.8 Å². The Hall–Kier alpha value is -0.870. The van der Waals surface area contributed by atoms with Crippen LogP contribution < -0.4 is 5.32 Å². The second-order valence-electron chi connectivity index (χ2n) is 6.16. The molecule has 21 heavy (non-hydrogen) atoms. The molecule has 0 radical (unpaired) electrons. The van der Waals surface area contributed by atoms with Gasteiger partial charge in [-0.05, 0) is 57.9 Å². The topological polar surface area (TPSA) is 32.3 Å². The van der Waals surface area contributed by atoms with Crippen molar-refractivity contribution in [2.75, 3.05) is 13.1 Å². The number of hydrogen-bond donors (Lipinski definition) is 1. The van der Waals surface area contributed by atoms with Gasteiger partial charge in [0.25, 0.3) is 5.91 Å². The summed E-state index contributed by atoms with van der Waals surface area (Å²) >= 11 is 3.52. The second-order valence-corrected chi connectivity index (χ2v) is 7.02. The Morgan fingerprint density at radius 1 is 1.43 bits per heavy atom. The van der Waals surface area contributed by atoms with Gasteiger partial charge in [0.15, 0.2) is 0 Å². The Bertz CT molecular complexity index is 496. The highest BCUT2D eigenvalue weighted by atomic mass is 79.9. The van der Waals surface area contributed by atoms with E-state index >= 15 is 0 Å². The fourth-order valence-electron chi connectivity index (χ4n) is 2.74. The van der Waals surface area contributed by atoms with Crippen LogP contribution in [-0.2, 0) is 0 Å². The predicted molar refractivity (Wildman–Crippen MR) is 90.7 cm³/mol. The van der Waals surface area contributed by atoms with Gasteiger partial charge in [-0.1, -0.05) is 28.4 Å². The predicted octanol–water partition coefficient (Wildman–Crippen LogP) is 3.75. The molecule has 1 fully saturated rings. The van der Waals surface area contributed by atoms with E-state index in [0.717, 1.165) is 35.1 Å². The average molecular weight is 353 g/mol. The van der Waals surface area contributed by atoms with E-state index in [0.29, 0.717) is 6.04 Å². The van der Waals surface area contributed by atoms with Crippen LogP contribution in [0.1, 0.15) is 49.0 Å². The molecular weight excluding hydrogens is 328 g/mol. The van der Waals surface area contributed by atoms with Gasteiger partial charge in [0, 0.05) is 28.7 Å². The number of halogens is 1. The van der Waals surface area contributed by atoms with Gasteiger partial charge in [-0.25, -0.2) is 0 Å². The first kappa shape index (κ1) is 16.5. The third kappa shape index (κ3) is 4.30. The van der Waals surface area contributed by atoms with E-state index < -0.39 is 0 Å². The zero-order valence-corrected chi connectivity index (χ0v) is 14.7. The molecule has 1 heterocycles. The summed E-state index contributed by atoms with van der Waals surface area (Å²) in [6, 6.07) is 6.49. The molecule has 2 rings (SSSR count). The number of hydrogen-bond acceptors (Lipinski definition) is 2. The van der Waals surface area contributed by atoms with E-state index in [1.165, 1.54) is 12.8 Å². The van der Waals surface area contributed by atoms with Crippen molar-refractivity contribution in [3.8, 4) is 0 Å². The highest BCUT2D eigenvalue weighted by Crippen LogP contribution is 2.20. The first-order chi connectivity index (χ1) is 9.99. The van der Waals surface area contributed by atoms with Gasteiger partial charge in [-0.15, -0.1) is 0 Å². The first-order valence-electron chi connectivity index (χ1n) is 7.79. The van der Waals surface area contributed by atoms with Crippen LogP contribution in [0.15, 0.2) is 22.7 Å². The van der Waals surface area contributed by atoms with Crippen molar-refractivity contribution in [3.05, 3.63) is 33.8 Å². The molecule has 116 valence electrons. The summed E-state index contributed by atoms with van der Waals surface area (Å²) in [5.74, 6) is 0.123. The molecule has 1 amide bonds. The van der Waals surface area contributed by atoms with E-state index in [1.54, 1.807) is 0 Å². The van der Waals surface area contributed by atoms with Crippen LogP contribution in [0.3, 0.4) is 0 Å². The molecule has 1 N–H and O–H groups in total. The zero-order chi connectivity index (χ0) is 15.4. The highest BCUT2D eigenvalue weighted by Gasteiger charge is 2.23. The monoisotopic (exact) mass is 352 g/mol. The maximum atomic E-state index is 12.8. The molecule has 0 spiro atoms. The number of nitrogens with one attached hydrogen (secondary N) is 1. The van der Waals surface area contributed by atoms with Crippen molar-refractivity contribution in [1.82, 2.24) is 10.2 Å². The molecular formula is C17H25BrN2O. The summed E-state index contributed by atoms with van der Waals surface area (Å²) in [5, 5.41) is 3.53. The van der Waals surface area contributed by atoms with Gasteiger partial charge < -0.3 is 10.2 Å². The number of nitrogens with zero attached hydrogens (tertiary/aromatic N) is 1. The molecule has 4 heteroatoms. The van der Waals surface area contributed by atoms with Gasteiger partial charge in [-0.2, -0.15) is 0 Å². The normalized spacial score (nSPS) is 18.8. The Morgan fingerprint density at radius 3 is 2.76 bits per heavy atom. The number of aryl methyl sites for hydroxylation is 1. The van der Waals surface area contributed by atoms with E-state index in [9.17, 15) is 4.79 Å². The molecule has 1 aliphatic heterocycles. The van der Waals surface area contributed by atoms with Gasteiger partial charge >= 0.3 is 0 Å². The summed E-state index contributed by atoms with van der Waals surface area (Å²) in [5.41, 5.74) is 1.91. The lowest BCUT2D eigenvalue weighted by Crippen LogP contribution is -2.48. The largest absolute Gasteiger partial charge is 0.335 e. The summed E-state index contributed by atoms with van der Waals surface area (Å²) in [6.45, 7) is 8.07. The van der Waals surface area contributed by atoms with Gasteiger partial charge in [-0.3, -0.25) is 4.79 Å². The molecule has 1 aromatic rings. The van der Waals surface area contributed by atoms with Crippen LogP contribution in [-0.4, -0.2) is 36.0 Å². The van der Waals surface area contributed by atoms with Crippen molar-refractivity contribution in [1.29, 1.82) is 0 Å². The van der Waals surface area contributed by atoms with Crippen molar-refractivity contribution in [2.45, 2.75) is 52.1 Å². The third-order valence-corrected chi connectivity index (χ3v) is 4.99. The lowest BCUT2D eigenvalue weighted by atomic mass is 10.0. The summed E-state index contributed by atoms with van der Waals surface area (Å²) < 4.78 is 0.993. The van der Waals surface area contributed by atoms with E-state index in [-0.39, 0.29) is 11.9 Å². The second kappa shape index (κ2) is 7.41. The Balaban J connectivity index is 2.12. The quantitative estimate of drug-likeness (QED) is 0.894. The van der Waals surface area contributed by atoms with E-state index in [4.69, 9.17) is 0 Å². The van der Waals surface area contributed by atoms with Crippen LogP contribution in [0.2, 0.25) is 0 Å². The number of amides is 1. The number of rotatable bonds is 4. The lowest BCUT2D eigenvalue weighted by molar-refractivity contribution is 0.0676. The SMILES string of the molecule is Cc1ccc(C(=O)N(CC2CCCCN2)C(C)C)cc1Br. The van der Waals surface area contributed by atoms with Crippen LogP contribution >= 0.6 is 15.9 Å². The third-order valence-electron chi connectivity index (χ3n) is 4.13. The number of carbonyl (C=O) groups excluding carboxylic acids is 1. The van der Waals surface area contributed by atoms with Gasteiger partial charge in [0.1, 0.15) is 0 Å². The Labute approximate surface area is 136 Å². The van der Waals surface area contributed by atoms with Crippen molar-refractivity contribution < 1.29 is 4.79 Å². The minimum Gasteiger partial charge on any atom is -0.335 e. The fraction of sp³-hybridized carbons (Fsp3) is 0.588. The van der Waals surface area contributed by atoms with Crippen LogP contribution in [0, 0.1) is 6.92 Å². The fourth-order valence-corrected chi connectivity index (χ4v) is 3.12. The minimum absolute atomic E-state index is 0.123. The van der Waals surface area contributed by atoms with E-state index in [2.05, 4.69) is 35.1 Å². The molecule has 1 aromatic carbocycles. The molecule has 1 atom stereocenters. The van der Waals surface area contributed by atoms with Crippen LogP contribution in [0.5, 0.6) is 0 Å². The molecule has 0 aromatic heterocycles. The number of piperidine rings is 1. The molecule has 3 nitrogen and oxygen atoms in total. The number of carbonyl (C=O) groups is 1. The molecule has 1 saturated heterocycles. The highest BCUT2D eigenvalue weighted by molar-refractivity contribution is 9.10. The first-order valence-corrected chi connectivity index (χ1v) is 8.59. The average Bonchev–Trinajstić information content (AvgIpc) is 2.47. The molecule has 1 aliphatic rings. The molecule has 0 saturated carbocycles. The maximum Gasteiger partial charge on any atom is 0.254 e. The minimum atomic E-state index is 0.123. The van der Waals surface area contributed by atoms with Gasteiger partial charge in [0.2, 0.25) is 0 Å². The molecule has 0 aliphatic carbocycles. The van der Waals surface area contributed by atoms with Crippen molar-refractivity contribution in [2.24, 2.45) is 0 Å². The Kier molecular flexibility index (Phi) is 5.82. The summed E-state index contributed by atoms with van der Waals surface area (Å²) in [6.07, 6.45) is 3.67. The zero-order valence-electron chi connectivity index (χ0n) is 13.2. The van der Waals surface area contributed by atoms with E-state index in [1.807, 2.05) is 30.0 Å². The standard InChI is InChI=1S/C17H25BrN2O/c1-12(2)20(11-15-6-4-5-9-19-15)17(21)14-8-7-13(3)16(18)10-14/h7-8,10,12,15,19H,4-6,9,11H2,1-3H3. The summed E-state index contributed by atoms with van der Waals surface area (Å²) in [7, 11) is 0. The maximum absolute atomic E-state index is 12.8.